The van der Waals surface area contributed by atoms with Crippen LogP contribution in [0.5, 0.6) is 0 Å². The largest absolute Gasteiger partial charge is 0.460 e. The quantitative estimate of drug-likeness (QED) is 0.752. The van der Waals surface area contributed by atoms with Crippen molar-refractivity contribution >= 4 is 5.97 Å². The van der Waals surface area contributed by atoms with Crippen LogP contribution in [0.25, 0.3) is 0 Å². The maximum absolute atomic E-state index is 11.9. The van der Waals surface area contributed by atoms with Crippen molar-refractivity contribution in [3.63, 3.8) is 0 Å². The molecule has 0 aromatic heterocycles. The molecule has 1 fully saturated rings. The van der Waals surface area contributed by atoms with Crippen LogP contribution in [0.4, 0.5) is 0 Å². The Labute approximate surface area is 110 Å². The Bertz CT molecular complexity index is 289. The van der Waals surface area contributed by atoms with E-state index in [4.69, 9.17) is 10.5 Å². The first-order valence-corrected chi connectivity index (χ1v) is 6.91. The first-order chi connectivity index (χ1) is 8.27. The first-order valence-electron chi connectivity index (χ1n) is 6.91. The van der Waals surface area contributed by atoms with E-state index in [0.29, 0.717) is 17.8 Å². The molecule has 1 aliphatic carbocycles. The highest BCUT2D eigenvalue weighted by molar-refractivity contribution is 5.79. The molecule has 4 unspecified atom stereocenters. The minimum absolute atomic E-state index is 0.0840. The van der Waals surface area contributed by atoms with E-state index < -0.39 is 11.6 Å². The number of carbonyl (C=O) groups excluding carboxylic acids is 1. The third-order valence-electron chi connectivity index (χ3n) is 4.06. The van der Waals surface area contributed by atoms with Gasteiger partial charge in [-0.3, -0.25) is 0 Å². The molecule has 1 rings (SSSR count). The summed E-state index contributed by atoms with van der Waals surface area (Å²) >= 11 is 0. The standard InChI is InChI=1S/C14H27NO3/c1-9(2)11-6-5-10(3)7-12(11)18-13(16)14(4,17)8-15/h9-12,17H,5-8,15H2,1-4H3. The SMILES string of the molecule is CC1CCC(C(C)C)C(OC(=O)C(C)(O)CN)C1. The van der Waals surface area contributed by atoms with Crippen molar-refractivity contribution in [1.82, 2.24) is 0 Å². The molecule has 3 N–H and O–H groups in total. The van der Waals surface area contributed by atoms with Crippen molar-refractivity contribution in [3.8, 4) is 0 Å². The zero-order chi connectivity index (χ0) is 13.9. The molecule has 0 amide bonds. The van der Waals surface area contributed by atoms with Gasteiger partial charge in [0.15, 0.2) is 5.60 Å². The third-order valence-corrected chi connectivity index (χ3v) is 4.06. The lowest BCUT2D eigenvalue weighted by molar-refractivity contribution is -0.174. The van der Waals surface area contributed by atoms with Crippen molar-refractivity contribution in [2.24, 2.45) is 23.5 Å². The van der Waals surface area contributed by atoms with E-state index in [1.54, 1.807) is 0 Å². The van der Waals surface area contributed by atoms with Gasteiger partial charge in [-0.1, -0.05) is 27.2 Å². The summed E-state index contributed by atoms with van der Waals surface area (Å²) in [5.74, 6) is 0.854. The number of hydrogen-bond acceptors (Lipinski definition) is 4. The molecule has 0 saturated heterocycles. The van der Waals surface area contributed by atoms with Crippen LogP contribution >= 0.6 is 0 Å². The molecule has 4 atom stereocenters. The topological polar surface area (TPSA) is 72.5 Å². The van der Waals surface area contributed by atoms with E-state index in [0.717, 1.165) is 12.8 Å². The number of hydrogen-bond donors (Lipinski definition) is 2. The minimum Gasteiger partial charge on any atom is -0.460 e. The summed E-state index contributed by atoms with van der Waals surface area (Å²) in [6.45, 7) is 7.79. The summed E-state index contributed by atoms with van der Waals surface area (Å²) in [6, 6.07) is 0. The van der Waals surface area contributed by atoms with Gasteiger partial charge in [-0.05, 0) is 37.5 Å². The van der Waals surface area contributed by atoms with Gasteiger partial charge in [-0.2, -0.15) is 0 Å². The van der Waals surface area contributed by atoms with Crippen LogP contribution in [-0.4, -0.2) is 29.3 Å². The smallest absolute Gasteiger partial charge is 0.339 e. The van der Waals surface area contributed by atoms with Crippen LogP contribution in [-0.2, 0) is 9.53 Å². The van der Waals surface area contributed by atoms with Crippen molar-refractivity contribution in [3.05, 3.63) is 0 Å². The molecule has 4 heteroatoms. The van der Waals surface area contributed by atoms with E-state index in [1.165, 1.54) is 13.3 Å². The number of esters is 1. The third kappa shape index (κ3) is 3.69. The maximum atomic E-state index is 11.9. The Kier molecular flexibility index (Phi) is 5.17. The predicted molar refractivity (Wildman–Crippen MR) is 70.9 cm³/mol. The molecule has 0 aliphatic heterocycles. The molecule has 4 nitrogen and oxygen atoms in total. The average Bonchev–Trinajstić information content (AvgIpc) is 2.28. The number of ether oxygens (including phenoxy) is 1. The van der Waals surface area contributed by atoms with Crippen LogP contribution in [0.15, 0.2) is 0 Å². The van der Waals surface area contributed by atoms with Crippen molar-refractivity contribution in [1.29, 1.82) is 0 Å². The Morgan fingerprint density at radius 3 is 2.61 bits per heavy atom. The van der Waals surface area contributed by atoms with Gasteiger partial charge in [0.1, 0.15) is 6.10 Å². The Morgan fingerprint density at radius 2 is 2.11 bits per heavy atom. The van der Waals surface area contributed by atoms with Crippen molar-refractivity contribution in [2.75, 3.05) is 6.54 Å². The lowest BCUT2D eigenvalue weighted by Crippen LogP contribution is -2.47. The summed E-state index contributed by atoms with van der Waals surface area (Å²) in [4.78, 5) is 11.9. The second kappa shape index (κ2) is 6.02. The van der Waals surface area contributed by atoms with Gasteiger partial charge in [0.25, 0.3) is 0 Å². The minimum atomic E-state index is -1.57. The van der Waals surface area contributed by atoms with E-state index in [9.17, 15) is 9.90 Å². The Morgan fingerprint density at radius 1 is 1.50 bits per heavy atom. The van der Waals surface area contributed by atoms with E-state index in [-0.39, 0.29) is 12.6 Å². The zero-order valence-electron chi connectivity index (χ0n) is 12.0. The molecule has 106 valence electrons. The normalized spacial score (nSPS) is 32.1. The lowest BCUT2D eigenvalue weighted by atomic mass is 9.75. The molecule has 18 heavy (non-hydrogen) atoms. The summed E-state index contributed by atoms with van der Waals surface area (Å²) < 4.78 is 5.52. The summed E-state index contributed by atoms with van der Waals surface area (Å²) in [6.07, 6.45) is 3.07. The number of aliphatic hydroxyl groups is 1. The van der Waals surface area contributed by atoms with E-state index in [1.807, 2.05) is 0 Å². The van der Waals surface area contributed by atoms with Crippen LogP contribution in [0, 0.1) is 17.8 Å². The fourth-order valence-corrected chi connectivity index (χ4v) is 2.60. The molecule has 0 radical (unpaired) electrons. The fraction of sp³-hybridized carbons (Fsp3) is 0.929. The molecular formula is C14H27NO3. The second-order valence-electron chi connectivity index (χ2n) is 6.25. The van der Waals surface area contributed by atoms with Gasteiger partial charge in [-0.15, -0.1) is 0 Å². The molecule has 1 saturated carbocycles. The first kappa shape index (κ1) is 15.4. The van der Waals surface area contributed by atoms with Gasteiger partial charge in [-0.25, -0.2) is 4.79 Å². The average molecular weight is 257 g/mol. The molecule has 0 aromatic rings. The lowest BCUT2D eigenvalue weighted by Gasteiger charge is -2.37. The Hall–Kier alpha value is -0.610. The molecule has 0 spiro atoms. The Balaban J connectivity index is 2.69. The highest BCUT2D eigenvalue weighted by atomic mass is 16.6. The highest BCUT2D eigenvalue weighted by Crippen LogP contribution is 2.35. The number of rotatable bonds is 4. The van der Waals surface area contributed by atoms with Crippen molar-refractivity contribution in [2.45, 2.75) is 58.7 Å². The summed E-state index contributed by atoms with van der Waals surface area (Å²) in [5.41, 5.74) is 3.82. The van der Waals surface area contributed by atoms with Crippen LogP contribution in [0.2, 0.25) is 0 Å². The zero-order valence-corrected chi connectivity index (χ0v) is 12.0. The van der Waals surface area contributed by atoms with Gasteiger partial charge >= 0.3 is 5.97 Å². The van der Waals surface area contributed by atoms with E-state index >= 15 is 0 Å². The molecule has 0 heterocycles. The highest BCUT2D eigenvalue weighted by Gasteiger charge is 2.38. The monoisotopic (exact) mass is 257 g/mol. The second-order valence-corrected chi connectivity index (χ2v) is 6.25. The van der Waals surface area contributed by atoms with Crippen LogP contribution < -0.4 is 5.73 Å². The molecule has 1 aliphatic rings. The van der Waals surface area contributed by atoms with Gasteiger partial charge in [0, 0.05) is 6.54 Å². The molecule has 0 bridgehead atoms. The van der Waals surface area contributed by atoms with Crippen LogP contribution in [0.1, 0.15) is 47.0 Å². The van der Waals surface area contributed by atoms with Crippen LogP contribution in [0.3, 0.4) is 0 Å². The number of nitrogens with two attached hydrogens (primary N) is 1. The fourth-order valence-electron chi connectivity index (χ4n) is 2.60. The van der Waals surface area contributed by atoms with Gasteiger partial charge < -0.3 is 15.6 Å². The maximum Gasteiger partial charge on any atom is 0.339 e. The number of carbonyl (C=O) groups is 1. The summed E-state index contributed by atoms with van der Waals surface area (Å²) in [7, 11) is 0. The molecular weight excluding hydrogens is 230 g/mol. The summed E-state index contributed by atoms with van der Waals surface area (Å²) in [5, 5.41) is 9.81. The van der Waals surface area contributed by atoms with E-state index in [2.05, 4.69) is 20.8 Å². The van der Waals surface area contributed by atoms with Gasteiger partial charge in [0.05, 0.1) is 0 Å². The predicted octanol–water partition coefficient (Wildman–Crippen LogP) is 1.70. The van der Waals surface area contributed by atoms with Crippen molar-refractivity contribution < 1.29 is 14.6 Å². The molecule has 0 aromatic carbocycles. The van der Waals surface area contributed by atoms with Gasteiger partial charge in [0.2, 0.25) is 0 Å².